The Kier molecular flexibility index (Phi) is 6.04. The minimum absolute atomic E-state index is 0.00615. The number of thiazole rings is 1. The van der Waals surface area contributed by atoms with Crippen LogP contribution in [0.3, 0.4) is 0 Å². The molecule has 0 radical (unpaired) electrons. The van der Waals surface area contributed by atoms with E-state index in [4.69, 9.17) is 4.74 Å². The highest BCUT2D eigenvalue weighted by atomic mass is 32.2. The number of nitrogens with zero attached hydrogens (tertiary/aromatic N) is 1. The van der Waals surface area contributed by atoms with Crippen LogP contribution in [0.1, 0.15) is 50.6 Å². The van der Waals surface area contributed by atoms with Crippen LogP contribution in [0.2, 0.25) is 0 Å². The second-order valence-electron chi connectivity index (χ2n) is 7.89. The first-order valence-electron chi connectivity index (χ1n) is 9.87. The smallest absolute Gasteiger partial charge is 0.246 e. The van der Waals surface area contributed by atoms with E-state index in [1.165, 1.54) is 0 Å². The normalized spacial score (nSPS) is 33.8. The van der Waals surface area contributed by atoms with E-state index in [1.807, 2.05) is 18.7 Å². The summed E-state index contributed by atoms with van der Waals surface area (Å²) in [6.45, 7) is 2.16. The molecule has 3 atom stereocenters. The van der Waals surface area contributed by atoms with E-state index < -0.39 is 0 Å². The minimum Gasteiger partial charge on any atom is -0.366 e. The lowest BCUT2D eigenvalue weighted by molar-refractivity contribution is -0.142. The van der Waals surface area contributed by atoms with Crippen molar-refractivity contribution in [3.05, 3.63) is 11.1 Å². The summed E-state index contributed by atoms with van der Waals surface area (Å²) >= 11 is 3.62. The van der Waals surface area contributed by atoms with E-state index in [1.54, 1.807) is 11.3 Å². The summed E-state index contributed by atoms with van der Waals surface area (Å²) in [5.74, 6) is 0.133. The maximum Gasteiger partial charge on any atom is 0.246 e. The van der Waals surface area contributed by atoms with Gasteiger partial charge in [-0.25, -0.2) is 4.98 Å². The van der Waals surface area contributed by atoms with Crippen molar-refractivity contribution in [2.75, 3.05) is 6.61 Å². The Bertz CT molecular complexity index is 687. The van der Waals surface area contributed by atoms with Crippen LogP contribution in [0.4, 0.5) is 0 Å². The molecule has 2 N–H and O–H groups in total. The maximum absolute atomic E-state index is 12.7. The SMILES string of the molecule is Cc1csc(SC2CCC(NC(=O)[C@H]3CC[C@@H]4NC(=O)CO[C@H]4C3)CC2)n1. The molecule has 2 aliphatic carbocycles. The van der Waals surface area contributed by atoms with Crippen LogP contribution in [0.25, 0.3) is 0 Å². The van der Waals surface area contributed by atoms with Crippen molar-refractivity contribution < 1.29 is 14.3 Å². The third-order valence-electron chi connectivity index (χ3n) is 5.82. The fourth-order valence-corrected chi connectivity index (χ4v) is 6.61. The first kappa shape index (κ1) is 19.2. The first-order valence-corrected chi connectivity index (χ1v) is 11.6. The number of hydrogen-bond donors (Lipinski definition) is 2. The predicted molar refractivity (Wildman–Crippen MR) is 106 cm³/mol. The molecule has 2 heterocycles. The number of thioether (sulfide) groups is 1. The monoisotopic (exact) mass is 409 g/mol. The number of rotatable bonds is 4. The van der Waals surface area contributed by atoms with Gasteiger partial charge in [0.1, 0.15) is 10.9 Å². The number of aryl methyl sites for hydroxylation is 1. The standard InChI is InChI=1S/C19H27N3O3S2/c1-11-10-26-19(20-11)27-14-5-3-13(4-6-14)21-18(24)12-2-7-15-16(8-12)25-9-17(23)22-15/h10,12-16H,2-9H2,1H3,(H,21,24)(H,22,23)/t12-,13?,14?,15-,16-/m0/s1. The van der Waals surface area contributed by atoms with Gasteiger partial charge in [0.15, 0.2) is 0 Å². The lowest BCUT2D eigenvalue weighted by Crippen LogP contribution is -2.55. The van der Waals surface area contributed by atoms with Gasteiger partial charge in [0.05, 0.1) is 12.1 Å². The lowest BCUT2D eigenvalue weighted by Gasteiger charge is -2.39. The number of carbonyl (C=O) groups is 2. The van der Waals surface area contributed by atoms with Gasteiger partial charge in [-0.15, -0.1) is 11.3 Å². The van der Waals surface area contributed by atoms with Crippen LogP contribution in [0.15, 0.2) is 9.72 Å². The average Bonchev–Trinajstić information content (AvgIpc) is 3.07. The van der Waals surface area contributed by atoms with Crippen LogP contribution < -0.4 is 10.6 Å². The third-order valence-corrected chi connectivity index (χ3v) is 8.25. The van der Waals surface area contributed by atoms with Gasteiger partial charge < -0.3 is 15.4 Å². The lowest BCUT2D eigenvalue weighted by atomic mass is 9.82. The van der Waals surface area contributed by atoms with Crippen LogP contribution >= 0.6 is 23.1 Å². The summed E-state index contributed by atoms with van der Waals surface area (Å²) in [6.07, 6.45) is 6.68. The van der Waals surface area contributed by atoms with Crippen molar-refractivity contribution in [1.29, 1.82) is 0 Å². The molecule has 8 heteroatoms. The van der Waals surface area contributed by atoms with Crippen LogP contribution in [-0.4, -0.2) is 46.8 Å². The van der Waals surface area contributed by atoms with Crippen molar-refractivity contribution in [2.24, 2.45) is 5.92 Å². The van der Waals surface area contributed by atoms with Crippen molar-refractivity contribution in [3.63, 3.8) is 0 Å². The Morgan fingerprint density at radius 2 is 2.11 bits per heavy atom. The second-order valence-corrected chi connectivity index (χ2v) is 10.3. The molecule has 0 unspecified atom stereocenters. The fourth-order valence-electron chi connectivity index (χ4n) is 4.32. The highest BCUT2D eigenvalue weighted by molar-refractivity contribution is 8.01. The van der Waals surface area contributed by atoms with E-state index >= 15 is 0 Å². The fraction of sp³-hybridized carbons (Fsp3) is 0.737. The van der Waals surface area contributed by atoms with E-state index in [0.717, 1.165) is 48.6 Å². The zero-order valence-corrected chi connectivity index (χ0v) is 17.2. The van der Waals surface area contributed by atoms with Gasteiger partial charge in [-0.2, -0.15) is 0 Å². The van der Waals surface area contributed by atoms with Crippen molar-refractivity contribution >= 4 is 34.9 Å². The molecule has 6 nitrogen and oxygen atoms in total. The molecule has 27 heavy (non-hydrogen) atoms. The van der Waals surface area contributed by atoms with Crippen LogP contribution in [-0.2, 0) is 14.3 Å². The Labute approximate surface area is 168 Å². The number of carbonyl (C=O) groups excluding carboxylic acids is 2. The summed E-state index contributed by atoms with van der Waals surface area (Å²) < 4.78 is 6.80. The van der Waals surface area contributed by atoms with E-state index in [9.17, 15) is 9.59 Å². The van der Waals surface area contributed by atoms with Crippen molar-refractivity contribution in [3.8, 4) is 0 Å². The molecule has 2 amide bonds. The maximum atomic E-state index is 12.7. The number of fused-ring (bicyclic) bond motifs is 1. The molecular formula is C19H27N3O3S2. The predicted octanol–water partition coefficient (Wildman–Crippen LogP) is 2.65. The number of morpholine rings is 1. The Hall–Kier alpha value is -1.12. The number of amides is 2. The number of nitrogens with one attached hydrogen (secondary N) is 2. The number of ether oxygens (including phenoxy) is 1. The third kappa shape index (κ3) is 4.84. The Balaban J connectivity index is 1.21. The van der Waals surface area contributed by atoms with Crippen molar-refractivity contribution in [1.82, 2.24) is 15.6 Å². The number of aromatic nitrogens is 1. The highest BCUT2D eigenvalue weighted by Gasteiger charge is 2.38. The van der Waals surface area contributed by atoms with Gasteiger partial charge in [0.25, 0.3) is 0 Å². The topological polar surface area (TPSA) is 80.3 Å². The van der Waals surface area contributed by atoms with Crippen molar-refractivity contribution in [2.45, 2.75) is 79.6 Å². The zero-order valence-electron chi connectivity index (χ0n) is 15.6. The van der Waals surface area contributed by atoms with Gasteiger partial charge >= 0.3 is 0 Å². The van der Waals surface area contributed by atoms with Gasteiger partial charge in [0.2, 0.25) is 11.8 Å². The molecule has 0 spiro atoms. The summed E-state index contributed by atoms with van der Waals surface area (Å²) in [4.78, 5) is 28.7. The Morgan fingerprint density at radius 1 is 1.30 bits per heavy atom. The molecule has 0 aromatic carbocycles. The van der Waals surface area contributed by atoms with E-state index in [2.05, 4.69) is 21.0 Å². The molecule has 3 aliphatic rings. The molecule has 148 valence electrons. The van der Waals surface area contributed by atoms with Crippen LogP contribution in [0, 0.1) is 12.8 Å². The molecule has 1 saturated heterocycles. The molecule has 2 saturated carbocycles. The summed E-state index contributed by atoms with van der Waals surface area (Å²) in [7, 11) is 0. The second kappa shape index (κ2) is 8.49. The summed E-state index contributed by atoms with van der Waals surface area (Å²) in [6, 6.07) is 0.370. The average molecular weight is 410 g/mol. The summed E-state index contributed by atoms with van der Waals surface area (Å²) in [5.41, 5.74) is 1.10. The quantitative estimate of drug-likeness (QED) is 0.799. The molecular weight excluding hydrogens is 382 g/mol. The van der Waals surface area contributed by atoms with E-state index in [0.29, 0.717) is 11.7 Å². The van der Waals surface area contributed by atoms with Gasteiger partial charge in [-0.05, 0) is 51.9 Å². The van der Waals surface area contributed by atoms with Gasteiger partial charge in [-0.3, -0.25) is 9.59 Å². The zero-order chi connectivity index (χ0) is 18.8. The van der Waals surface area contributed by atoms with E-state index in [-0.39, 0.29) is 42.5 Å². The number of hydrogen-bond acceptors (Lipinski definition) is 6. The molecule has 4 rings (SSSR count). The highest BCUT2D eigenvalue weighted by Crippen LogP contribution is 2.35. The van der Waals surface area contributed by atoms with Gasteiger partial charge in [-0.1, -0.05) is 11.8 Å². The molecule has 1 aromatic rings. The summed E-state index contributed by atoms with van der Waals surface area (Å²) in [5, 5.41) is 8.97. The molecule has 0 bridgehead atoms. The van der Waals surface area contributed by atoms with Gasteiger partial charge in [0, 0.05) is 28.3 Å². The molecule has 1 aromatic heterocycles. The minimum atomic E-state index is -0.0401. The first-order chi connectivity index (χ1) is 13.1. The van der Waals surface area contributed by atoms with Crippen LogP contribution in [0.5, 0.6) is 0 Å². The Morgan fingerprint density at radius 3 is 2.85 bits per heavy atom. The molecule has 3 fully saturated rings. The largest absolute Gasteiger partial charge is 0.366 e. The molecule has 1 aliphatic heterocycles.